The Morgan fingerprint density at radius 3 is 2.85 bits per heavy atom. The molecule has 0 bridgehead atoms. The van der Waals surface area contributed by atoms with Crippen molar-refractivity contribution in [1.29, 1.82) is 0 Å². The summed E-state index contributed by atoms with van der Waals surface area (Å²) in [5.74, 6) is 0.225. The van der Waals surface area contributed by atoms with Crippen LogP contribution in [0.25, 0.3) is 0 Å². The number of nitrogens with zero attached hydrogens (tertiary/aromatic N) is 1. The number of nitrogens with two attached hydrogens (primary N) is 1. The second-order valence-corrected chi connectivity index (χ2v) is 5.67. The molecule has 1 atom stereocenters. The highest BCUT2D eigenvalue weighted by molar-refractivity contribution is 7.92. The van der Waals surface area contributed by atoms with Gasteiger partial charge in [-0.3, -0.25) is 4.90 Å². The Kier molecular flexibility index (Phi) is 3.47. The smallest absolute Gasteiger partial charge is 0.156 e. The van der Waals surface area contributed by atoms with Gasteiger partial charge in [0, 0.05) is 26.2 Å². The fourth-order valence-electron chi connectivity index (χ4n) is 1.49. The predicted molar refractivity (Wildman–Crippen MR) is 53.3 cm³/mol. The monoisotopic (exact) mass is 204 g/mol. The minimum absolute atomic E-state index is 0.218. The summed E-state index contributed by atoms with van der Waals surface area (Å²) in [6, 6.07) is 0. The Morgan fingerprint density at radius 2 is 2.31 bits per heavy atom. The molecule has 1 aliphatic rings. The highest BCUT2D eigenvalue weighted by atomic mass is 32.2. The van der Waals surface area contributed by atoms with E-state index in [-0.39, 0.29) is 17.5 Å². The van der Waals surface area contributed by atoms with Gasteiger partial charge in [-0.25, -0.2) is 8.42 Å². The van der Waals surface area contributed by atoms with E-state index in [4.69, 9.17) is 5.73 Å². The summed E-state index contributed by atoms with van der Waals surface area (Å²) in [4.78, 5) is 2.06. The molecule has 0 aromatic rings. The third-order valence-corrected chi connectivity index (χ3v) is 4.42. The van der Waals surface area contributed by atoms with E-state index in [1.54, 1.807) is 6.08 Å². The lowest BCUT2D eigenvalue weighted by atomic mass is 10.3. The Labute approximate surface area is 79.3 Å². The summed E-state index contributed by atoms with van der Waals surface area (Å²) in [7, 11) is -2.93. The van der Waals surface area contributed by atoms with Crippen LogP contribution in [0.4, 0.5) is 0 Å². The standard InChI is InChI=1S/C8H16N2O2S/c1-2-3-10-4-5-13(11,12)8(6-9)7-10/h2,8H,1,3-7,9H2. The minimum Gasteiger partial charge on any atom is -0.329 e. The summed E-state index contributed by atoms with van der Waals surface area (Å²) < 4.78 is 22.9. The van der Waals surface area contributed by atoms with Gasteiger partial charge in [-0.15, -0.1) is 6.58 Å². The second kappa shape index (κ2) is 4.21. The van der Waals surface area contributed by atoms with Crippen LogP contribution in [0, 0.1) is 0 Å². The average Bonchev–Trinajstić information content (AvgIpc) is 2.08. The van der Waals surface area contributed by atoms with E-state index < -0.39 is 9.84 Å². The molecule has 0 saturated carbocycles. The molecule has 13 heavy (non-hydrogen) atoms. The van der Waals surface area contributed by atoms with E-state index in [0.717, 1.165) is 6.54 Å². The van der Waals surface area contributed by atoms with Gasteiger partial charge in [-0.1, -0.05) is 6.08 Å². The normalized spacial score (nSPS) is 28.5. The third-order valence-electron chi connectivity index (χ3n) is 2.31. The van der Waals surface area contributed by atoms with Crippen molar-refractivity contribution in [3.8, 4) is 0 Å². The first-order valence-electron chi connectivity index (χ1n) is 4.35. The van der Waals surface area contributed by atoms with Gasteiger partial charge in [0.1, 0.15) is 0 Å². The van der Waals surface area contributed by atoms with Crippen LogP contribution in [-0.4, -0.2) is 50.5 Å². The molecule has 1 fully saturated rings. The van der Waals surface area contributed by atoms with Gasteiger partial charge in [-0.05, 0) is 0 Å². The topological polar surface area (TPSA) is 63.4 Å². The number of hydrogen-bond donors (Lipinski definition) is 1. The summed E-state index contributed by atoms with van der Waals surface area (Å²) >= 11 is 0. The fourth-order valence-corrected chi connectivity index (χ4v) is 3.06. The van der Waals surface area contributed by atoms with Crippen molar-refractivity contribution >= 4 is 9.84 Å². The zero-order valence-corrected chi connectivity index (χ0v) is 8.46. The largest absolute Gasteiger partial charge is 0.329 e. The number of rotatable bonds is 3. The molecular weight excluding hydrogens is 188 g/mol. The molecule has 1 rings (SSSR count). The van der Waals surface area contributed by atoms with Crippen molar-refractivity contribution in [2.24, 2.45) is 5.73 Å². The Bertz CT molecular complexity index is 274. The van der Waals surface area contributed by atoms with Crippen molar-refractivity contribution in [3.05, 3.63) is 12.7 Å². The Hall–Kier alpha value is -0.390. The Balaban J connectivity index is 2.63. The molecule has 1 unspecified atom stereocenters. The molecule has 0 radical (unpaired) electrons. The van der Waals surface area contributed by atoms with Crippen LogP contribution < -0.4 is 5.73 Å². The van der Waals surface area contributed by atoms with Crippen LogP contribution >= 0.6 is 0 Å². The molecule has 1 heterocycles. The number of sulfone groups is 1. The highest BCUT2D eigenvalue weighted by Crippen LogP contribution is 2.10. The first-order valence-corrected chi connectivity index (χ1v) is 6.06. The fraction of sp³-hybridized carbons (Fsp3) is 0.750. The van der Waals surface area contributed by atoms with E-state index in [9.17, 15) is 8.42 Å². The van der Waals surface area contributed by atoms with Crippen molar-refractivity contribution in [3.63, 3.8) is 0 Å². The zero-order chi connectivity index (χ0) is 9.90. The molecule has 0 aromatic heterocycles. The molecule has 0 aromatic carbocycles. The van der Waals surface area contributed by atoms with Crippen LogP contribution in [0.5, 0.6) is 0 Å². The number of hydrogen-bond acceptors (Lipinski definition) is 4. The van der Waals surface area contributed by atoms with Gasteiger partial charge in [0.15, 0.2) is 9.84 Å². The van der Waals surface area contributed by atoms with E-state index in [0.29, 0.717) is 13.1 Å². The molecule has 0 spiro atoms. The van der Waals surface area contributed by atoms with Crippen molar-refractivity contribution in [2.75, 3.05) is 31.9 Å². The first kappa shape index (κ1) is 10.7. The molecule has 2 N–H and O–H groups in total. The molecular formula is C8H16N2O2S. The lowest BCUT2D eigenvalue weighted by molar-refractivity contribution is 0.303. The summed E-state index contributed by atoms with van der Waals surface area (Å²) in [5, 5.41) is -0.388. The zero-order valence-electron chi connectivity index (χ0n) is 7.65. The quantitative estimate of drug-likeness (QED) is 0.613. The molecule has 0 aliphatic carbocycles. The molecule has 76 valence electrons. The van der Waals surface area contributed by atoms with Crippen molar-refractivity contribution < 1.29 is 8.42 Å². The van der Waals surface area contributed by atoms with Gasteiger partial charge < -0.3 is 5.73 Å². The van der Waals surface area contributed by atoms with E-state index in [2.05, 4.69) is 11.5 Å². The van der Waals surface area contributed by atoms with Gasteiger partial charge in [0.05, 0.1) is 11.0 Å². The van der Waals surface area contributed by atoms with Gasteiger partial charge in [-0.2, -0.15) is 0 Å². The van der Waals surface area contributed by atoms with Gasteiger partial charge in [0.25, 0.3) is 0 Å². The van der Waals surface area contributed by atoms with Crippen LogP contribution in [0.3, 0.4) is 0 Å². The summed E-state index contributed by atoms with van der Waals surface area (Å²) in [5.41, 5.74) is 5.41. The average molecular weight is 204 g/mol. The summed E-state index contributed by atoms with van der Waals surface area (Å²) in [6.45, 7) is 5.73. The summed E-state index contributed by atoms with van der Waals surface area (Å²) in [6.07, 6.45) is 1.78. The second-order valence-electron chi connectivity index (χ2n) is 3.27. The third kappa shape index (κ3) is 2.52. The van der Waals surface area contributed by atoms with Crippen LogP contribution in [-0.2, 0) is 9.84 Å². The molecule has 1 saturated heterocycles. The molecule has 4 nitrogen and oxygen atoms in total. The van der Waals surface area contributed by atoms with Crippen LogP contribution in [0.2, 0.25) is 0 Å². The molecule has 5 heteroatoms. The van der Waals surface area contributed by atoms with E-state index in [1.165, 1.54) is 0 Å². The lowest BCUT2D eigenvalue weighted by Gasteiger charge is -2.30. The van der Waals surface area contributed by atoms with E-state index in [1.807, 2.05) is 0 Å². The first-order chi connectivity index (χ1) is 6.10. The highest BCUT2D eigenvalue weighted by Gasteiger charge is 2.30. The van der Waals surface area contributed by atoms with E-state index >= 15 is 0 Å². The lowest BCUT2D eigenvalue weighted by Crippen LogP contribution is -2.49. The molecule has 1 aliphatic heterocycles. The molecule has 0 amide bonds. The van der Waals surface area contributed by atoms with Crippen molar-refractivity contribution in [2.45, 2.75) is 5.25 Å². The Morgan fingerprint density at radius 1 is 1.62 bits per heavy atom. The minimum atomic E-state index is -2.93. The van der Waals surface area contributed by atoms with Crippen LogP contribution in [0.1, 0.15) is 0 Å². The maximum atomic E-state index is 11.4. The SMILES string of the molecule is C=CCN1CCS(=O)(=O)C(CN)C1. The maximum absolute atomic E-state index is 11.4. The van der Waals surface area contributed by atoms with Gasteiger partial charge >= 0.3 is 0 Å². The van der Waals surface area contributed by atoms with Gasteiger partial charge in [0.2, 0.25) is 0 Å². The predicted octanol–water partition coefficient (Wildman–Crippen LogP) is -0.770. The van der Waals surface area contributed by atoms with Crippen molar-refractivity contribution in [1.82, 2.24) is 4.90 Å². The maximum Gasteiger partial charge on any atom is 0.156 e. The van der Waals surface area contributed by atoms with Crippen LogP contribution in [0.15, 0.2) is 12.7 Å².